The van der Waals surface area contributed by atoms with Gasteiger partial charge in [0, 0.05) is 33.9 Å². The fourth-order valence-electron chi connectivity index (χ4n) is 3.43. The molecule has 0 heterocycles. The van der Waals surface area contributed by atoms with Crippen LogP contribution in [0.5, 0.6) is 0 Å². The number of nitrogens with two attached hydrogens (primary N) is 2. The normalized spacial score (nSPS) is 11.0. The molecule has 0 fully saturated rings. The van der Waals surface area contributed by atoms with Crippen molar-refractivity contribution in [2.75, 3.05) is 22.1 Å². The predicted molar refractivity (Wildman–Crippen MR) is 123 cm³/mol. The van der Waals surface area contributed by atoms with Crippen LogP contribution in [0.1, 0.15) is 11.1 Å². The summed E-state index contributed by atoms with van der Waals surface area (Å²) in [7, 11) is 0. The van der Waals surface area contributed by atoms with Gasteiger partial charge < -0.3 is 22.1 Å². The molecule has 4 aromatic rings. The van der Waals surface area contributed by atoms with Crippen molar-refractivity contribution in [3.8, 4) is 0 Å². The first-order valence-electron chi connectivity index (χ1n) is 9.54. The van der Waals surface area contributed by atoms with Gasteiger partial charge in [-0.15, -0.1) is 0 Å². The fraction of sp³-hybridized carbons (Fsp3) is 0.0400. The molecule has 4 nitrogen and oxygen atoms in total. The van der Waals surface area contributed by atoms with Crippen molar-refractivity contribution in [1.82, 2.24) is 0 Å². The van der Waals surface area contributed by atoms with Crippen molar-refractivity contribution in [2.24, 2.45) is 0 Å². The third kappa shape index (κ3) is 4.01. The molecule has 29 heavy (non-hydrogen) atoms. The lowest BCUT2D eigenvalue weighted by Crippen LogP contribution is -2.44. The van der Waals surface area contributed by atoms with Gasteiger partial charge in [0.2, 0.25) is 0 Å². The Hall–Kier alpha value is -3.92. The summed E-state index contributed by atoms with van der Waals surface area (Å²) in [5, 5.41) is 7.44. The Morgan fingerprint density at radius 3 is 1.14 bits per heavy atom. The highest BCUT2D eigenvalue weighted by Crippen LogP contribution is 2.35. The average molecular weight is 380 g/mol. The molecule has 0 aliphatic rings. The molecule has 0 aliphatic carbocycles. The molecule has 0 aromatic heterocycles. The molecule has 4 heteroatoms. The van der Waals surface area contributed by atoms with Crippen LogP contribution >= 0.6 is 0 Å². The molecule has 0 bridgehead atoms. The summed E-state index contributed by atoms with van der Waals surface area (Å²) in [4.78, 5) is 0. The summed E-state index contributed by atoms with van der Waals surface area (Å²) >= 11 is 0. The molecule has 0 radical (unpaired) electrons. The van der Waals surface area contributed by atoms with E-state index in [1.807, 2.05) is 84.9 Å². The van der Waals surface area contributed by atoms with E-state index in [-0.39, 0.29) is 0 Å². The molecule has 0 unspecified atom stereocenters. The monoisotopic (exact) mass is 380 g/mol. The van der Waals surface area contributed by atoms with Crippen LogP contribution in [0.25, 0.3) is 0 Å². The maximum Gasteiger partial charge on any atom is 0.161 e. The van der Waals surface area contributed by atoms with Crippen LogP contribution in [0.15, 0.2) is 109 Å². The van der Waals surface area contributed by atoms with Crippen molar-refractivity contribution in [3.05, 3.63) is 120 Å². The Balaban J connectivity index is 1.88. The van der Waals surface area contributed by atoms with Gasteiger partial charge in [-0.3, -0.25) is 0 Å². The van der Waals surface area contributed by atoms with Gasteiger partial charge in [-0.1, -0.05) is 60.7 Å². The maximum absolute atomic E-state index is 5.90. The predicted octanol–water partition coefficient (Wildman–Crippen LogP) is 5.28. The van der Waals surface area contributed by atoms with Crippen molar-refractivity contribution >= 4 is 22.7 Å². The summed E-state index contributed by atoms with van der Waals surface area (Å²) < 4.78 is 0. The number of rotatable bonds is 6. The third-order valence-corrected chi connectivity index (χ3v) is 4.90. The maximum atomic E-state index is 5.90. The summed E-state index contributed by atoms with van der Waals surface area (Å²) in [6.45, 7) is 0. The molecule has 4 aromatic carbocycles. The van der Waals surface area contributed by atoms with Crippen molar-refractivity contribution in [2.45, 2.75) is 5.66 Å². The van der Waals surface area contributed by atoms with Gasteiger partial charge in [-0.2, -0.15) is 0 Å². The highest BCUT2D eigenvalue weighted by molar-refractivity contribution is 5.63. The number of benzene rings is 4. The molecule has 0 aliphatic heterocycles. The highest BCUT2D eigenvalue weighted by Gasteiger charge is 2.34. The van der Waals surface area contributed by atoms with Crippen molar-refractivity contribution < 1.29 is 0 Å². The summed E-state index contributed by atoms with van der Waals surface area (Å²) in [5.41, 5.74) is 16.6. The fourth-order valence-corrected chi connectivity index (χ4v) is 3.43. The number of nitrogens with one attached hydrogen (secondary N) is 2. The van der Waals surface area contributed by atoms with Gasteiger partial charge in [-0.05, 0) is 48.5 Å². The Labute approximate surface area is 171 Å². The molecule has 0 atom stereocenters. The minimum absolute atomic E-state index is 0.700. The SMILES string of the molecule is Nc1ccc(NC(Nc2ccc(N)cc2)(c2ccccc2)c2ccccc2)cc1. The number of hydrogen-bond donors (Lipinski definition) is 4. The van der Waals surface area contributed by atoms with E-state index in [4.69, 9.17) is 11.5 Å². The minimum Gasteiger partial charge on any atom is -0.399 e. The highest BCUT2D eigenvalue weighted by atomic mass is 15.2. The average Bonchev–Trinajstić information content (AvgIpc) is 2.77. The number of hydrogen-bond acceptors (Lipinski definition) is 4. The molecule has 6 N–H and O–H groups in total. The van der Waals surface area contributed by atoms with E-state index < -0.39 is 5.66 Å². The van der Waals surface area contributed by atoms with E-state index in [0.29, 0.717) is 0 Å². The Bertz CT molecular complexity index is 954. The molecule has 0 amide bonds. The largest absolute Gasteiger partial charge is 0.399 e. The smallest absolute Gasteiger partial charge is 0.161 e. The van der Waals surface area contributed by atoms with Gasteiger partial charge in [0.15, 0.2) is 5.66 Å². The summed E-state index contributed by atoms with van der Waals surface area (Å²) in [6.07, 6.45) is 0. The molecular formula is C25H24N4. The Morgan fingerprint density at radius 2 is 0.793 bits per heavy atom. The van der Waals surface area contributed by atoms with Gasteiger partial charge in [-0.25, -0.2) is 0 Å². The molecule has 4 rings (SSSR count). The van der Waals surface area contributed by atoms with Crippen LogP contribution in [-0.4, -0.2) is 0 Å². The molecule has 144 valence electrons. The number of anilines is 4. The molecule has 0 saturated carbocycles. The second-order valence-corrected chi connectivity index (χ2v) is 6.98. The lowest BCUT2D eigenvalue weighted by atomic mass is 9.90. The van der Waals surface area contributed by atoms with Crippen LogP contribution < -0.4 is 22.1 Å². The zero-order valence-electron chi connectivity index (χ0n) is 16.0. The van der Waals surface area contributed by atoms with Gasteiger partial charge in [0.25, 0.3) is 0 Å². The Kier molecular flexibility index (Phi) is 5.08. The quantitative estimate of drug-likeness (QED) is 0.271. The minimum atomic E-state index is -0.700. The first kappa shape index (κ1) is 18.4. The molecular weight excluding hydrogens is 356 g/mol. The Morgan fingerprint density at radius 1 is 0.448 bits per heavy atom. The van der Waals surface area contributed by atoms with Gasteiger partial charge in [0.05, 0.1) is 0 Å². The van der Waals surface area contributed by atoms with Crippen LogP contribution in [0, 0.1) is 0 Å². The van der Waals surface area contributed by atoms with E-state index in [0.717, 1.165) is 33.9 Å². The van der Waals surface area contributed by atoms with E-state index in [1.165, 1.54) is 0 Å². The van der Waals surface area contributed by atoms with Crippen LogP contribution in [0.3, 0.4) is 0 Å². The van der Waals surface area contributed by atoms with Crippen molar-refractivity contribution in [1.29, 1.82) is 0 Å². The summed E-state index contributed by atoms with van der Waals surface area (Å²) in [5.74, 6) is 0. The second-order valence-electron chi connectivity index (χ2n) is 6.98. The molecule has 0 saturated heterocycles. The van der Waals surface area contributed by atoms with Crippen molar-refractivity contribution in [3.63, 3.8) is 0 Å². The lowest BCUT2D eigenvalue weighted by Gasteiger charge is -2.38. The zero-order valence-corrected chi connectivity index (χ0v) is 16.0. The van der Waals surface area contributed by atoms with Crippen LogP contribution in [0.4, 0.5) is 22.7 Å². The lowest BCUT2D eigenvalue weighted by molar-refractivity contribution is 0.679. The van der Waals surface area contributed by atoms with Crippen LogP contribution in [-0.2, 0) is 5.66 Å². The first-order valence-corrected chi connectivity index (χ1v) is 9.54. The standard InChI is InChI=1S/C25H24N4/c26-21-11-15-23(16-12-21)28-25(19-7-3-1-4-8-19,20-9-5-2-6-10-20)29-24-17-13-22(27)14-18-24/h1-18,28-29H,26-27H2. The molecule has 0 spiro atoms. The summed E-state index contributed by atoms with van der Waals surface area (Å²) in [6, 6.07) is 36.2. The van der Waals surface area contributed by atoms with Crippen LogP contribution in [0.2, 0.25) is 0 Å². The topological polar surface area (TPSA) is 76.1 Å². The van der Waals surface area contributed by atoms with Gasteiger partial charge in [0.1, 0.15) is 0 Å². The zero-order chi connectivity index (χ0) is 20.1. The first-order chi connectivity index (χ1) is 14.2. The van der Waals surface area contributed by atoms with E-state index in [2.05, 4.69) is 34.9 Å². The van der Waals surface area contributed by atoms with E-state index in [1.54, 1.807) is 0 Å². The van der Waals surface area contributed by atoms with Gasteiger partial charge >= 0.3 is 0 Å². The third-order valence-electron chi connectivity index (χ3n) is 4.90. The van der Waals surface area contributed by atoms with E-state index >= 15 is 0 Å². The van der Waals surface area contributed by atoms with E-state index in [9.17, 15) is 0 Å². The number of nitrogen functional groups attached to an aromatic ring is 2. The second kappa shape index (κ2) is 7.98.